The Balaban J connectivity index is 0.965. The molecule has 0 saturated heterocycles. The third-order valence-electron chi connectivity index (χ3n) is 13.4. The topological polar surface area (TPSA) is 38.7 Å². The molecule has 2 aromatic heterocycles. The van der Waals surface area contributed by atoms with Crippen molar-refractivity contribution in [1.82, 2.24) is 15.0 Å². The second kappa shape index (κ2) is 15.4. The molecule has 0 saturated carbocycles. The van der Waals surface area contributed by atoms with E-state index in [-0.39, 0.29) is 0 Å². The van der Waals surface area contributed by atoms with Crippen LogP contribution in [0, 0.1) is 0 Å². The summed E-state index contributed by atoms with van der Waals surface area (Å²) < 4.78 is 2.61. The van der Waals surface area contributed by atoms with Crippen LogP contribution < -0.4 is 0 Å². The first-order valence-corrected chi connectivity index (χ1v) is 23.2. The van der Waals surface area contributed by atoms with Crippen molar-refractivity contribution in [2.24, 2.45) is 0 Å². The first-order chi connectivity index (χ1) is 32.7. The third kappa shape index (κ3) is 6.14. The summed E-state index contributed by atoms with van der Waals surface area (Å²) in [7, 11) is 0. The van der Waals surface area contributed by atoms with Gasteiger partial charge in [-0.15, -0.1) is 11.3 Å². The van der Waals surface area contributed by atoms with Gasteiger partial charge in [-0.1, -0.05) is 212 Å². The molecule has 308 valence electrons. The lowest BCUT2D eigenvalue weighted by molar-refractivity contribution is 0.768. The lowest BCUT2D eigenvalue weighted by Gasteiger charge is -2.34. The summed E-state index contributed by atoms with van der Waals surface area (Å²) in [5.74, 6) is 1.88. The van der Waals surface area contributed by atoms with Gasteiger partial charge in [-0.2, -0.15) is 0 Å². The largest absolute Gasteiger partial charge is 0.208 e. The maximum atomic E-state index is 5.32. The number of aromatic nitrogens is 3. The summed E-state index contributed by atoms with van der Waals surface area (Å²) in [6.45, 7) is 0. The van der Waals surface area contributed by atoms with E-state index in [1.54, 1.807) is 0 Å². The van der Waals surface area contributed by atoms with Crippen molar-refractivity contribution in [3.8, 4) is 67.5 Å². The number of thiophene rings is 1. The van der Waals surface area contributed by atoms with Crippen LogP contribution in [0.2, 0.25) is 0 Å². The molecule has 0 bridgehead atoms. The molecular weight excluding hydrogens is 819 g/mol. The molecule has 3 nitrogen and oxygen atoms in total. The lowest BCUT2D eigenvalue weighted by atomic mass is 9.67. The molecule has 1 aliphatic carbocycles. The maximum Gasteiger partial charge on any atom is 0.164 e. The molecule has 13 rings (SSSR count). The van der Waals surface area contributed by atoms with Gasteiger partial charge in [0, 0.05) is 36.9 Å². The highest BCUT2D eigenvalue weighted by Crippen LogP contribution is 2.56. The molecule has 66 heavy (non-hydrogen) atoms. The van der Waals surface area contributed by atoms with Crippen molar-refractivity contribution in [2.75, 3.05) is 0 Å². The van der Waals surface area contributed by atoms with Gasteiger partial charge in [-0.3, -0.25) is 0 Å². The smallest absolute Gasteiger partial charge is 0.164 e. The van der Waals surface area contributed by atoms with Gasteiger partial charge < -0.3 is 0 Å². The zero-order valence-corrected chi connectivity index (χ0v) is 36.6. The molecule has 0 aliphatic heterocycles. The van der Waals surface area contributed by atoms with Gasteiger partial charge in [0.25, 0.3) is 0 Å². The SMILES string of the molecule is c1ccc(C2(c3ccccc3)c3ccccc3-c3ccc(-c4nc(-c5ccc(-c6ccc7sc8ccccc8c7c6)cc5)nc(-c5ccc(-c6cccc7ccccc67)cc5)n4)cc32)cc1. The molecule has 0 N–H and O–H groups in total. The van der Waals surface area contributed by atoms with Crippen LogP contribution in [0.1, 0.15) is 22.3 Å². The predicted molar refractivity (Wildman–Crippen MR) is 275 cm³/mol. The molecule has 0 atom stereocenters. The monoisotopic (exact) mass is 857 g/mol. The van der Waals surface area contributed by atoms with Crippen molar-refractivity contribution in [2.45, 2.75) is 5.41 Å². The van der Waals surface area contributed by atoms with Crippen LogP contribution in [0.15, 0.2) is 237 Å². The first kappa shape index (κ1) is 38.2. The molecule has 4 heteroatoms. The minimum absolute atomic E-state index is 0.547. The normalized spacial score (nSPS) is 12.7. The summed E-state index contributed by atoms with van der Waals surface area (Å²) in [5.41, 5.74) is 14.3. The predicted octanol–water partition coefficient (Wildman–Crippen LogP) is 16.1. The molecule has 0 spiro atoms. The van der Waals surface area contributed by atoms with E-state index in [2.05, 4.69) is 237 Å². The van der Waals surface area contributed by atoms with Crippen LogP contribution in [0.5, 0.6) is 0 Å². The Morgan fingerprint density at radius 1 is 0.288 bits per heavy atom. The summed E-state index contributed by atoms with van der Waals surface area (Å²) in [5, 5.41) is 5.03. The third-order valence-corrected chi connectivity index (χ3v) is 14.6. The molecule has 0 unspecified atom stereocenters. The molecule has 0 fully saturated rings. The quantitative estimate of drug-likeness (QED) is 0.160. The number of fused-ring (bicyclic) bond motifs is 7. The minimum atomic E-state index is -0.547. The summed E-state index contributed by atoms with van der Waals surface area (Å²) >= 11 is 1.84. The minimum Gasteiger partial charge on any atom is -0.208 e. The van der Waals surface area contributed by atoms with E-state index in [1.807, 2.05) is 11.3 Å². The Hall–Kier alpha value is -8.31. The second-order valence-electron chi connectivity index (χ2n) is 17.1. The Morgan fingerprint density at radius 2 is 0.788 bits per heavy atom. The fourth-order valence-corrected chi connectivity index (χ4v) is 11.4. The highest BCUT2D eigenvalue weighted by atomic mass is 32.1. The highest BCUT2D eigenvalue weighted by Gasteiger charge is 2.46. The number of hydrogen-bond donors (Lipinski definition) is 0. The van der Waals surface area contributed by atoms with Crippen molar-refractivity contribution in [1.29, 1.82) is 0 Å². The molecule has 1 aliphatic rings. The van der Waals surface area contributed by atoms with Gasteiger partial charge in [0.05, 0.1) is 5.41 Å². The van der Waals surface area contributed by atoms with E-state index in [1.165, 1.54) is 75.5 Å². The van der Waals surface area contributed by atoms with E-state index in [4.69, 9.17) is 15.0 Å². The molecular formula is C62H39N3S. The number of hydrogen-bond acceptors (Lipinski definition) is 4. The second-order valence-corrected chi connectivity index (χ2v) is 18.2. The zero-order chi connectivity index (χ0) is 43.6. The van der Waals surface area contributed by atoms with Crippen molar-refractivity contribution in [3.05, 3.63) is 259 Å². The summed E-state index contributed by atoms with van der Waals surface area (Å²) in [6, 6.07) is 85.3. The van der Waals surface area contributed by atoms with Crippen LogP contribution in [0.4, 0.5) is 0 Å². The van der Waals surface area contributed by atoms with E-state index < -0.39 is 5.41 Å². The molecule has 0 radical (unpaired) electrons. The summed E-state index contributed by atoms with van der Waals surface area (Å²) in [4.78, 5) is 15.9. The molecule has 0 amide bonds. The summed E-state index contributed by atoms with van der Waals surface area (Å²) in [6.07, 6.45) is 0. The van der Waals surface area contributed by atoms with Crippen LogP contribution in [0.25, 0.3) is 98.5 Å². The Labute approximate surface area is 387 Å². The standard InChI is InChI=1S/C62H39N3S/c1-3-16-47(17-4-1)62(48-18-5-2-6-19-48)55-24-11-9-21-51(55)52-36-34-46(39-56(52)62)61-64-59(43-30-26-40(27-31-43)45-35-37-58-54(38-45)53-22-10-12-25-57(53)66-58)63-60(65-61)44-32-28-42(29-33-44)50-23-13-15-41-14-7-8-20-49(41)50/h1-39H. The molecule has 12 aromatic rings. The Morgan fingerprint density at radius 3 is 1.52 bits per heavy atom. The zero-order valence-electron chi connectivity index (χ0n) is 35.8. The van der Waals surface area contributed by atoms with E-state index in [0.717, 1.165) is 27.8 Å². The van der Waals surface area contributed by atoms with Crippen molar-refractivity contribution >= 4 is 42.3 Å². The highest BCUT2D eigenvalue weighted by molar-refractivity contribution is 7.25. The van der Waals surface area contributed by atoms with Crippen LogP contribution in [-0.4, -0.2) is 15.0 Å². The fourth-order valence-electron chi connectivity index (χ4n) is 10.3. The average molecular weight is 858 g/mol. The van der Waals surface area contributed by atoms with Crippen molar-refractivity contribution < 1.29 is 0 Å². The van der Waals surface area contributed by atoms with E-state index >= 15 is 0 Å². The average Bonchev–Trinajstić information content (AvgIpc) is 3.92. The molecule has 2 heterocycles. The first-order valence-electron chi connectivity index (χ1n) is 22.4. The van der Waals surface area contributed by atoms with Crippen LogP contribution >= 0.6 is 11.3 Å². The lowest BCUT2D eigenvalue weighted by Crippen LogP contribution is -2.28. The van der Waals surface area contributed by atoms with Crippen LogP contribution in [-0.2, 0) is 5.41 Å². The fraction of sp³-hybridized carbons (Fsp3) is 0.0161. The number of benzene rings is 10. The van der Waals surface area contributed by atoms with Gasteiger partial charge in [0.2, 0.25) is 0 Å². The number of rotatable bonds is 7. The van der Waals surface area contributed by atoms with Gasteiger partial charge in [0.1, 0.15) is 0 Å². The van der Waals surface area contributed by atoms with Crippen LogP contribution in [0.3, 0.4) is 0 Å². The molecule has 10 aromatic carbocycles. The van der Waals surface area contributed by atoms with Gasteiger partial charge >= 0.3 is 0 Å². The van der Waals surface area contributed by atoms with E-state index in [9.17, 15) is 0 Å². The van der Waals surface area contributed by atoms with Gasteiger partial charge in [-0.05, 0) is 90.7 Å². The van der Waals surface area contributed by atoms with Gasteiger partial charge in [0.15, 0.2) is 17.5 Å². The Kier molecular flexibility index (Phi) is 8.93. The van der Waals surface area contributed by atoms with Crippen molar-refractivity contribution in [3.63, 3.8) is 0 Å². The number of nitrogens with zero attached hydrogens (tertiary/aromatic N) is 3. The maximum absolute atomic E-state index is 5.32. The van der Waals surface area contributed by atoms with E-state index in [0.29, 0.717) is 17.5 Å². The Bertz CT molecular complexity index is 3760. The van der Waals surface area contributed by atoms with Gasteiger partial charge in [-0.25, -0.2) is 15.0 Å².